The number of thioether (sulfide) groups is 1. The Kier molecular flexibility index (Phi) is 6.30. The third-order valence-corrected chi connectivity index (χ3v) is 8.27. The van der Waals surface area contributed by atoms with Gasteiger partial charge in [-0.3, -0.25) is 19.5 Å². The number of anilines is 1. The molecular formula is C27H28N6O4S. The maximum atomic E-state index is 14.4. The summed E-state index contributed by atoms with van der Waals surface area (Å²) in [6.07, 6.45) is 1.09. The molecular weight excluding hydrogens is 504 g/mol. The Morgan fingerprint density at radius 2 is 2.08 bits per heavy atom. The summed E-state index contributed by atoms with van der Waals surface area (Å²) in [6.45, 7) is 3.04. The fourth-order valence-corrected chi connectivity index (χ4v) is 6.57. The van der Waals surface area contributed by atoms with E-state index in [4.69, 9.17) is 4.74 Å². The predicted octanol–water partition coefficient (Wildman–Crippen LogP) is 2.36. The van der Waals surface area contributed by atoms with Crippen LogP contribution in [0.15, 0.2) is 53.7 Å². The van der Waals surface area contributed by atoms with E-state index in [0.717, 1.165) is 16.8 Å². The quantitative estimate of drug-likeness (QED) is 0.497. The van der Waals surface area contributed by atoms with Crippen LogP contribution in [0.25, 0.3) is 0 Å². The highest BCUT2D eigenvalue weighted by Gasteiger charge is 2.61. The zero-order valence-electron chi connectivity index (χ0n) is 21.0. The molecule has 196 valence electrons. The first-order valence-corrected chi connectivity index (χ1v) is 13.7. The first kappa shape index (κ1) is 24.5. The van der Waals surface area contributed by atoms with Crippen molar-refractivity contribution >= 4 is 35.2 Å². The molecule has 2 aromatic carbocycles. The molecule has 6 rings (SSSR count). The van der Waals surface area contributed by atoms with Gasteiger partial charge in [-0.2, -0.15) is 0 Å². The molecule has 1 spiro atoms. The lowest BCUT2D eigenvalue weighted by Gasteiger charge is -2.35. The van der Waals surface area contributed by atoms with E-state index in [1.165, 1.54) is 11.8 Å². The number of ether oxygens (including phenoxy) is 1. The first-order valence-electron chi connectivity index (χ1n) is 12.7. The van der Waals surface area contributed by atoms with E-state index in [2.05, 4.69) is 20.5 Å². The molecule has 0 radical (unpaired) electrons. The number of amides is 3. The highest BCUT2D eigenvalue weighted by atomic mass is 32.2. The minimum atomic E-state index is -1.01. The third-order valence-electron chi connectivity index (χ3n) is 7.44. The summed E-state index contributed by atoms with van der Waals surface area (Å²) in [5.74, 6) is 1.01. The van der Waals surface area contributed by atoms with Crippen LogP contribution in [-0.4, -0.2) is 69.8 Å². The van der Waals surface area contributed by atoms with E-state index in [9.17, 15) is 14.4 Å². The zero-order valence-corrected chi connectivity index (χ0v) is 21.8. The van der Waals surface area contributed by atoms with Crippen molar-refractivity contribution < 1.29 is 19.1 Å². The van der Waals surface area contributed by atoms with Crippen LogP contribution in [0, 0.1) is 6.92 Å². The van der Waals surface area contributed by atoms with E-state index in [1.54, 1.807) is 9.80 Å². The summed E-state index contributed by atoms with van der Waals surface area (Å²) in [4.78, 5) is 48.6. The summed E-state index contributed by atoms with van der Waals surface area (Å²) in [7, 11) is 0. The second-order valence-corrected chi connectivity index (χ2v) is 10.7. The molecule has 1 aromatic heterocycles. The van der Waals surface area contributed by atoms with Crippen LogP contribution in [0.4, 0.5) is 5.69 Å². The number of nitrogens with one attached hydrogen (secondary N) is 2. The average Bonchev–Trinajstić information content (AvgIpc) is 3.59. The van der Waals surface area contributed by atoms with Gasteiger partial charge in [0, 0.05) is 18.8 Å². The average molecular weight is 533 g/mol. The second kappa shape index (κ2) is 9.79. The number of aryl methyl sites for hydroxylation is 1. The molecule has 4 bridgehead atoms. The van der Waals surface area contributed by atoms with E-state index in [-0.39, 0.29) is 30.0 Å². The fraction of sp³-hybridized carbons (Fsp3) is 0.370. The molecule has 3 aliphatic heterocycles. The molecule has 0 aliphatic carbocycles. The van der Waals surface area contributed by atoms with Crippen LogP contribution in [0.3, 0.4) is 0 Å². The Balaban J connectivity index is 1.44. The number of likely N-dealkylation sites (tertiary alicyclic amines) is 1. The lowest BCUT2D eigenvalue weighted by atomic mass is 9.72. The van der Waals surface area contributed by atoms with Crippen molar-refractivity contribution in [3.63, 3.8) is 0 Å². The van der Waals surface area contributed by atoms with Crippen LogP contribution in [0.1, 0.15) is 35.8 Å². The fourth-order valence-electron chi connectivity index (χ4n) is 5.84. The van der Waals surface area contributed by atoms with E-state index >= 15 is 0 Å². The van der Waals surface area contributed by atoms with E-state index in [0.29, 0.717) is 49.3 Å². The zero-order chi connectivity index (χ0) is 26.3. The van der Waals surface area contributed by atoms with Gasteiger partial charge in [-0.1, -0.05) is 42.1 Å². The highest BCUT2D eigenvalue weighted by molar-refractivity contribution is 7.99. The Hall–Kier alpha value is -3.86. The molecule has 3 aromatic rings. The normalized spacial score (nSPS) is 22.8. The van der Waals surface area contributed by atoms with Crippen molar-refractivity contribution in [3.05, 3.63) is 65.5 Å². The Bertz CT molecular complexity index is 1410. The van der Waals surface area contributed by atoms with Crippen molar-refractivity contribution in [2.45, 2.75) is 36.4 Å². The van der Waals surface area contributed by atoms with Crippen molar-refractivity contribution in [2.24, 2.45) is 0 Å². The number of hydrogen-bond acceptors (Lipinski definition) is 7. The van der Waals surface area contributed by atoms with Crippen LogP contribution in [-0.2, 0) is 19.8 Å². The number of benzene rings is 2. The van der Waals surface area contributed by atoms with Gasteiger partial charge >= 0.3 is 0 Å². The van der Waals surface area contributed by atoms with Crippen molar-refractivity contribution in [1.29, 1.82) is 0 Å². The number of aromatic nitrogens is 3. The van der Waals surface area contributed by atoms with Gasteiger partial charge in [-0.25, -0.2) is 4.98 Å². The number of fused-ring (bicyclic) bond motifs is 6. The maximum absolute atomic E-state index is 14.4. The summed E-state index contributed by atoms with van der Waals surface area (Å²) in [5, 5.41) is 10.3. The molecule has 1 saturated heterocycles. The largest absolute Gasteiger partial charge is 0.494 e. The van der Waals surface area contributed by atoms with Gasteiger partial charge in [0.2, 0.25) is 22.9 Å². The number of aromatic amines is 1. The van der Waals surface area contributed by atoms with E-state index < -0.39 is 11.5 Å². The number of hydrogen-bond donors (Lipinski definition) is 2. The molecule has 0 saturated carbocycles. The highest BCUT2D eigenvalue weighted by Crippen LogP contribution is 2.56. The van der Waals surface area contributed by atoms with Gasteiger partial charge in [0.25, 0.3) is 0 Å². The standard InChI is InChI=1S/C27H28N6O4S/c1-17-29-26(31-30-17)38-16-23(35)32-12-10-27-20-8-2-3-9-21(20)33(25(27)36)15-22(34)28-11-5-13-37-19-7-4-6-18(14-19)24(27)32/h2-4,6-9,14,24H,5,10-13,15-16H2,1H3,(H,28,34)(H,29,30,31)/t24-,27+/m0/s1. The Morgan fingerprint density at radius 1 is 1.21 bits per heavy atom. The second-order valence-electron chi connectivity index (χ2n) is 9.74. The summed E-state index contributed by atoms with van der Waals surface area (Å²) in [6, 6.07) is 14.7. The number of carbonyl (C=O) groups is 3. The molecule has 4 heterocycles. The van der Waals surface area contributed by atoms with Crippen molar-refractivity contribution in [2.75, 3.05) is 36.9 Å². The maximum Gasteiger partial charge on any atom is 0.240 e. The summed E-state index contributed by atoms with van der Waals surface area (Å²) >= 11 is 1.26. The van der Waals surface area contributed by atoms with Crippen LogP contribution in [0.2, 0.25) is 0 Å². The molecule has 2 N–H and O–H groups in total. The lowest BCUT2D eigenvalue weighted by molar-refractivity contribution is -0.132. The molecule has 3 amide bonds. The molecule has 11 heteroatoms. The molecule has 1 fully saturated rings. The molecule has 3 aliphatic rings. The molecule has 2 atom stereocenters. The minimum absolute atomic E-state index is 0.0702. The Labute approximate surface area is 224 Å². The summed E-state index contributed by atoms with van der Waals surface area (Å²) in [5.41, 5.74) is 1.39. The molecule has 0 unspecified atom stereocenters. The minimum Gasteiger partial charge on any atom is -0.494 e. The van der Waals surface area contributed by atoms with Crippen molar-refractivity contribution in [3.8, 4) is 5.75 Å². The van der Waals surface area contributed by atoms with E-state index in [1.807, 2.05) is 55.5 Å². The monoisotopic (exact) mass is 532 g/mol. The Morgan fingerprint density at radius 3 is 2.92 bits per heavy atom. The van der Waals surface area contributed by atoms with Crippen LogP contribution >= 0.6 is 11.8 Å². The van der Waals surface area contributed by atoms with Gasteiger partial charge in [-0.05, 0) is 49.1 Å². The number of H-pyrrole nitrogens is 1. The number of nitrogens with zero attached hydrogens (tertiary/aromatic N) is 4. The van der Waals surface area contributed by atoms with Gasteiger partial charge in [0.1, 0.15) is 23.5 Å². The molecule has 10 nitrogen and oxygen atoms in total. The van der Waals surface area contributed by atoms with Crippen molar-refractivity contribution in [1.82, 2.24) is 25.4 Å². The van der Waals surface area contributed by atoms with Gasteiger partial charge in [0.15, 0.2) is 0 Å². The SMILES string of the molecule is Cc1nc(SCC(=O)N2CC[C@]34C(=O)N(CC(=O)NCCCOc5cccc(c5)[C@H]23)c2ccccc24)n[nH]1. The topological polar surface area (TPSA) is 121 Å². The predicted molar refractivity (Wildman–Crippen MR) is 141 cm³/mol. The third kappa shape index (κ3) is 4.10. The van der Waals surface area contributed by atoms with Crippen LogP contribution in [0.5, 0.6) is 5.75 Å². The molecule has 38 heavy (non-hydrogen) atoms. The smallest absolute Gasteiger partial charge is 0.240 e. The van der Waals surface area contributed by atoms with Gasteiger partial charge in [-0.15, -0.1) is 5.10 Å². The number of para-hydroxylation sites is 1. The number of rotatable bonds is 3. The number of carbonyl (C=O) groups excluding carboxylic acids is 3. The van der Waals surface area contributed by atoms with Gasteiger partial charge in [0.05, 0.1) is 18.4 Å². The van der Waals surface area contributed by atoms with Crippen LogP contribution < -0.4 is 15.0 Å². The summed E-state index contributed by atoms with van der Waals surface area (Å²) < 4.78 is 5.98. The lowest BCUT2D eigenvalue weighted by Crippen LogP contribution is -2.48. The van der Waals surface area contributed by atoms with Gasteiger partial charge < -0.3 is 19.9 Å². The first-order chi connectivity index (χ1) is 18.5.